The fourth-order valence-electron chi connectivity index (χ4n) is 9.84. The van der Waals surface area contributed by atoms with E-state index in [9.17, 15) is 14.4 Å². The van der Waals surface area contributed by atoms with Crippen molar-refractivity contribution in [1.82, 2.24) is 0 Å². The number of esters is 3. The van der Waals surface area contributed by atoms with Crippen LogP contribution in [0, 0.1) is 0 Å². The smallest absolute Gasteiger partial charge is 0.306 e. The predicted molar refractivity (Wildman–Crippen MR) is 357 cm³/mol. The van der Waals surface area contributed by atoms with Gasteiger partial charge in [-0.05, 0) is 116 Å². The zero-order valence-electron chi connectivity index (χ0n) is 54.0. The average Bonchev–Trinajstić information content (AvgIpc) is 3.48. The third kappa shape index (κ3) is 66.9. The minimum absolute atomic E-state index is 0.0812. The molecular formula is C76H130O6. The molecule has 1 unspecified atom stereocenters. The molecule has 0 aliphatic heterocycles. The molecule has 0 radical (unpaired) electrons. The molecule has 6 heteroatoms. The van der Waals surface area contributed by atoms with Gasteiger partial charge in [-0.1, -0.05) is 310 Å². The molecule has 0 saturated carbocycles. The van der Waals surface area contributed by atoms with Crippen molar-refractivity contribution in [3.63, 3.8) is 0 Å². The van der Waals surface area contributed by atoms with E-state index in [4.69, 9.17) is 14.2 Å². The number of carbonyl (C=O) groups is 3. The molecule has 0 aromatic carbocycles. The van der Waals surface area contributed by atoms with E-state index < -0.39 is 6.10 Å². The van der Waals surface area contributed by atoms with Crippen molar-refractivity contribution in [3.8, 4) is 0 Å². The van der Waals surface area contributed by atoms with Crippen LogP contribution in [-0.2, 0) is 28.6 Å². The second kappa shape index (κ2) is 69.6. The Bertz CT molecular complexity index is 1640. The van der Waals surface area contributed by atoms with E-state index in [2.05, 4.69) is 130 Å². The van der Waals surface area contributed by atoms with Crippen LogP contribution in [0.15, 0.2) is 109 Å². The Morgan fingerprint density at radius 3 is 0.756 bits per heavy atom. The molecule has 0 bridgehead atoms. The molecule has 0 rings (SSSR count). The zero-order chi connectivity index (χ0) is 59.2. The maximum absolute atomic E-state index is 12.9. The minimum atomic E-state index is -0.786. The Labute approximate surface area is 508 Å². The number of unbranched alkanes of at least 4 members (excludes halogenated alkanes) is 34. The second-order valence-electron chi connectivity index (χ2n) is 23.0. The van der Waals surface area contributed by atoms with E-state index in [0.29, 0.717) is 19.3 Å². The highest BCUT2D eigenvalue weighted by molar-refractivity contribution is 5.71. The monoisotopic (exact) mass is 1140 g/mol. The molecule has 0 aromatic heterocycles. The Kier molecular flexibility index (Phi) is 66.2. The lowest BCUT2D eigenvalue weighted by molar-refractivity contribution is -0.167. The number of carbonyl (C=O) groups excluding carboxylic acids is 3. The summed E-state index contributed by atoms with van der Waals surface area (Å²) in [5.41, 5.74) is 0. The molecule has 470 valence electrons. The van der Waals surface area contributed by atoms with Crippen molar-refractivity contribution in [2.75, 3.05) is 13.2 Å². The van der Waals surface area contributed by atoms with Crippen LogP contribution in [0.1, 0.15) is 335 Å². The molecule has 0 N–H and O–H groups in total. The van der Waals surface area contributed by atoms with Gasteiger partial charge in [0.05, 0.1) is 0 Å². The first kappa shape index (κ1) is 78.1. The molecule has 1 atom stereocenters. The summed E-state index contributed by atoms with van der Waals surface area (Å²) in [6.45, 7) is 6.37. The normalized spacial score (nSPS) is 12.8. The second-order valence-corrected chi connectivity index (χ2v) is 23.0. The van der Waals surface area contributed by atoms with Crippen LogP contribution in [0.2, 0.25) is 0 Å². The largest absolute Gasteiger partial charge is 0.462 e. The van der Waals surface area contributed by atoms with Crippen LogP contribution in [0.3, 0.4) is 0 Å². The lowest BCUT2D eigenvalue weighted by Crippen LogP contribution is -2.30. The number of hydrogen-bond donors (Lipinski definition) is 0. The van der Waals surface area contributed by atoms with Crippen molar-refractivity contribution in [2.45, 2.75) is 341 Å². The topological polar surface area (TPSA) is 78.9 Å². The van der Waals surface area contributed by atoms with Crippen LogP contribution in [-0.4, -0.2) is 37.2 Å². The van der Waals surface area contributed by atoms with Gasteiger partial charge in [0.25, 0.3) is 0 Å². The molecule has 0 aliphatic carbocycles. The van der Waals surface area contributed by atoms with Gasteiger partial charge in [0, 0.05) is 19.3 Å². The van der Waals surface area contributed by atoms with E-state index in [0.717, 1.165) is 128 Å². The molecule has 0 amide bonds. The van der Waals surface area contributed by atoms with Gasteiger partial charge in [0.2, 0.25) is 0 Å². The van der Waals surface area contributed by atoms with E-state index >= 15 is 0 Å². The van der Waals surface area contributed by atoms with Gasteiger partial charge in [0.1, 0.15) is 13.2 Å². The summed E-state index contributed by atoms with van der Waals surface area (Å²) in [5.74, 6) is -0.888. The lowest BCUT2D eigenvalue weighted by atomic mass is 10.0. The Balaban J connectivity index is 4.13. The lowest BCUT2D eigenvalue weighted by Gasteiger charge is -2.18. The molecule has 0 fully saturated rings. The predicted octanol–water partition coefficient (Wildman–Crippen LogP) is 24.2. The van der Waals surface area contributed by atoms with E-state index in [-0.39, 0.29) is 31.1 Å². The maximum Gasteiger partial charge on any atom is 0.306 e. The molecule has 0 aromatic rings. The third-order valence-corrected chi connectivity index (χ3v) is 15.0. The van der Waals surface area contributed by atoms with Crippen molar-refractivity contribution < 1.29 is 28.6 Å². The first-order valence-electron chi connectivity index (χ1n) is 34.9. The number of allylic oxidation sites excluding steroid dienone is 18. The highest BCUT2D eigenvalue weighted by Gasteiger charge is 2.19. The van der Waals surface area contributed by atoms with Crippen molar-refractivity contribution in [2.24, 2.45) is 0 Å². The van der Waals surface area contributed by atoms with Gasteiger partial charge in [-0.25, -0.2) is 0 Å². The highest BCUT2D eigenvalue weighted by Crippen LogP contribution is 2.17. The molecule has 0 aliphatic rings. The summed E-state index contributed by atoms with van der Waals surface area (Å²) < 4.78 is 16.9. The van der Waals surface area contributed by atoms with Crippen LogP contribution >= 0.6 is 0 Å². The van der Waals surface area contributed by atoms with Crippen LogP contribution < -0.4 is 0 Å². The fourth-order valence-corrected chi connectivity index (χ4v) is 9.84. The molecule has 0 spiro atoms. The van der Waals surface area contributed by atoms with Crippen LogP contribution in [0.4, 0.5) is 0 Å². The SMILES string of the molecule is CC/C=C\C/C=C\C/C=C\C/C=C\CCCCCCCCCCCCCCCCCCCCCCC(=O)OCC(COC(=O)CCCCCCC/C=C\CCC)OC(=O)CCCCCCCCCC/C=C\C/C=C\C/C=C\C/C=C\CC. The summed E-state index contributed by atoms with van der Waals surface area (Å²) >= 11 is 0. The first-order chi connectivity index (χ1) is 40.5. The molecule has 6 nitrogen and oxygen atoms in total. The number of rotatable bonds is 63. The average molecular weight is 1140 g/mol. The zero-order valence-corrected chi connectivity index (χ0v) is 54.0. The van der Waals surface area contributed by atoms with Gasteiger partial charge in [0.15, 0.2) is 6.10 Å². The summed E-state index contributed by atoms with van der Waals surface area (Å²) in [6, 6.07) is 0. The first-order valence-corrected chi connectivity index (χ1v) is 34.9. The molecular weight excluding hydrogens is 1010 g/mol. The number of ether oxygens (including phenoxy) is 3. The summed E-state index contributed by atoms with van der Waals surface area (Å²) in [5, 5.41) is 0. The third-order valence-electron chi connectivity index (χ3n) is 15.0. The van der Waals surface area contributed by atoms with Crippen molar-refractivity contribution >= 4 is 17.9 Å². The fraction of sp³-hybridized carbons (Fsp3) is 0.724. The van der Waals surface area contributed by atoms with Gasteiger partial charge in [-0.2, -0.15) is 0 Å². The standard InChI is InChI=1S/C76H130O6/c1-4-7-10-13-16-19-22-24-26-28-30-32-33-34-35-36-37-38-39-40-41-42-43-45-46-48-50-52-54-57-60-63-66-69-75(78)81-72-73(71-80-74(77)68-65-62-59-56-21-18-15-12-9-6-3)82-76(79)70-67-64-61-58-55-53-51-49-47-44-31-29-27-25-23-20-17-14-11-8-5-2/h7-8,10-12,15-17,19-20,24-27,30-32,44,73H,4-6,9,13-14,18,21-23,28-29,33-43,45-72H2,1-3H3/b10-7-,11-8-,15-12-,19-16-,20-17-,26-24-,27-25-,32-30-,44-31-. The molecule has 82 heavy (non-hydrogen) atoms. The van der Waals surface area contributed by atoms with Gasteiger partial charge < -0.3 is 14.2 Å². The quantitative estimate of drug-likeness (QED) is 0.0261. The Morgan fingerprint density at radius 2 is 0.476 bits per heavy atom. The Hall–Kier alpha value is -3.93. The Morgan fingerprint density at radius 1 is 0.256 bits per heavy atom. The van der Waals surface area contributed by atoms with E-state index in [1.807, 2.05) is 0 Å². The van der Waals surface area contributed by atoms with E-state index in [1.54, 1.807) is 0 Å². The van der Waals surface area contributed by atoms with Crippen molar-refractivity contribution in [1.29, 1.82) is 0 Å². The maximum atomic E-state index is 12.9. The van der Waals surface area contributed by atoms with Crippen molar-refractivity contribution in [3.05, 3.63) is 109 Å². The molecule has 0 saturated heterocycles. The number of hydrogen-bond acceptors (Lipinski definition) is 6. The van der Waals surface area contributed by atoms with Gasteiger partial charge in [-0.3, -0.25) is 14.4 Å². The summed E-state index contributed by atoms with van der Waals surface area (Å²) in [7, 11) is 0. The minimum Gasteiger partial charge on any atom is -0.462 e. The van der Waals surface area contributed by atoms with Gasteiger partial charge >= 0.3 is 17.9 Å². The van der Waals surface area contributed by atoms with E-state index in [1.165, 1.54) is 167 Å². The summed E-state index contributed by atoms with van der Waals surface area (Å²) in [4.78, 5) is 38.3. The highest BCUT2D eigenvalue weighted by atomic mass is 16.6. The van der Waals surface area contributed by atoms with Gasteiger partial charge in [-0.15, -0.1) is 0 Å². The summed E-state index contributed by atoms with van der Waals surface area (Å²) in [6.07, 6.45) is 95.6. The molecule has 0 heterocycles. The van der Waals surface area contributed by atoms with Crippen LogP contribution in [0.5, 0.6) is 0 Å². The van der Waals surface area contributed by atoms with Crippen LogP contribution in [0.25, 0.3) is 0 Å².